The summed E-state index contributed by atoms with van der Waals surface area (Å²) in [6.45, 7) is 1.83. The molecule has 172 valence electrons. The first-order chi connectivity index (χ1) is 16.4. The van der Waals surface area contributed by atoms with Crippen LogP contribution in [0.5, 0.6) is 5.75 Å². The van der Waals surface area contributed by atoms with Crippen molar-refractivity contribution in [3.8, 4) is 11.4 Å². The number of phenolic OH excluding ortho intramolecular Hbond substituents is 1. The molecule has 1 aliphatic carbocycles. The van der Waals surface area contributed by atoms with E-state index >= 15 is 0 Å². The molecule has 7 nitrogen and oxygen atoms in total. The highest BCUT2D eigenvalue weighted by atomic mass is 79.9. The van der Waals surface area contributed by atoms with Gasteiger partial charge in [0, 0.05) is 10.4 Å². The summed E-state index contributed by atoms with van der Waals surface area (Å²) in [7, 11) is 0. The molecular weight excluding hydrogens is 516 g/mol. The second-order valence-corrected chi connectivity index (χ2v) is 10.1. The van der Waals surface area contributed by atoms with Gasteiger partial charge in [0.1, 0.15) is 16.4 Å². The molecule has 1 amide bonds. The summed E-state index contributed by atoms with van der Waals surface area (Å²) in [6, 6.07) is 11.7. The summed E-state index contributed by atoms with van der Waals surface area (Å²) in [4.78, 5) is 32.7. The predicted molar refractivity (Wildman–Crippen MR) is 137 cm³/mol. The Morgan fingerprint density at radius 3 is 2.74 bits per heavy atom. The number of phenols is 1. The number of thiophene rings is 1. The molecule has 0 spiro atoms. The van der Waals surface area contributed by atoms with Crippen molar-refractivity contribution in [3.05, 3.63) is 84.7 Å². The average molecular weight is 537 g/mol. The lowest BCUT2D eigenvalue weighted by atomic mass is 9.97. The maximum Gasteiger partial charge on any atom is 0.271 e. The van der Waals surface area contributed by atoms with Gasteiger partial charge in [-0.1, -0.05) is 0 Å². The largest absolute Gasteiger partial charge is 0.507 e. The molecule has 1 aliphatic rings. The van der Waals surface area contributed by atoms with E-state index in [0.717, 1.165) is 41.5 Å². The number of rotatable bonds is 4. The topological polar surface area (TPSA) is 96.6 Å². The lowest BCUT2D eigenvalue weighted by Crippen LogP contribution is -2.23. The Morgan fingerprint density at radius 1 is 1.21 bits per heavy atom. The molecule has 2 N–H and O–H groups in total. The fourth-order valence-electron chi connectivity index (χ4n) is 4.21. The van der Waals surface area contributed by atoms with E-state index < -0.39 is 0 Å². The van der Waals surface area contributed by atoms with Gasteiger partial charge in [-0.2, -0.15) is 5.10 Å². The third kappa shape index (κ3) is 4.17. The van der Waals surface area contributed by atoms with Gasteiger partial charge >= 0.3 is 0 Å². The molecular formula is C25H21BrN4O3S. The number of aryl methyl sites for hydroxylation is 3. The van der Waals surface area contributed by atoms with Gasteiger partial charge in [-0.25, -0.2) is 10.4 Å². The Balaban J connectivity index is 1.38. The number of aromatic nitrogens is 2. The highest BCUT2D eigenvalue weighted by Gasteiger charge is 2.21. The Morgan fingerprint density at radius 2 is 1.97 bits per heavy atom. The van der Waals surface area contributed by atoms with Gasteiger partial charge < -0.3 is 5.11 Å². The number of halogens is 1. The molecule has 0 aliphatic heterocycles. The standard InChI is InChI=1S/C25H21BrN4O3S/c1-14-28-24-22(18-4-2-3-5-21(18)34-24)25(33)30(14)17-9-7-16(8-10-17)23(32)29-27-13-15-6-11-20(31)19(26)12-15/h6-13,31H,2-5H2,1H3,(H,29,32)/b27-13-. The van der Waals surface area contributed by atoms with E-state index in [9.17, 15) is 14.7 Å². The molecule has 4 aromatic rings. The Labute approximate surface area is 207 Å². The van der Waals surface area contributed by atoms with E-state index in [4.69, 9.17) is 4.98 Å². The van der Waals surface area contributed by atoms with E-state index in [1.165, 1.54) is 17.2 Å². The number of nitrogens with zero attached hydrogens (tertiary/aromatic N) is 3. The van der Waals surface area contributed by atoms with E-state index in [1.807, 2.05) is 6.92 Å². The molecule has 2 heterocycles. The van der Waals surface area contributed by atoms with E-state index in [2.05, 4.69) is 26.5 Å². The fraction of sp³-hybridized carbons (Fsp3) is 0.200. The summed E-state index contributed by atoms with van der Waals surface area (Å²) >= 11 is 4.88. The number of fused-ring (bicyclic) bond motifs is 3. The number of hydrogen-bond donors (Lipinski definition) is 2. The molecule has 0 unspecified atom stereocenters. The van der Waals surface area contributed by atoms with E-state index in [1.54, 1.807) is 52.3 Å². The maximum absolute atomic E-state index is 13.4. The quantitative estimate of drug-likeness (QED) is 0.287. The minimum Gasteiger partial charge on any atom is -0.507 e. The molecule has 5 rings (SSSR count). The summed E-state index contributed by atoms with van der Waals surface area (Å²) in [5, 5.41) is 14.3. The summed E-state index contributed by atoms with van der Waals surface area (Å²) < 4.78 is 2.16. The zero-order valence-electron chi connectivity index (χ0n) is 18.3. The van der Waals surface area contributed by atoms with Gasteiger partial charge in [0.05, 0.1) is 21.8 Å². The van der Waals surface area contributed by atoms with Crippen LogP contribution in [0, 0.1) is 6.92 Å². The number of aromatic hydroxyl groups is 1. The first kappa shape index (κ1) is 22.5. The van der Waals surface area contributed by atoms with E-state index in [0.29, 0.717) is 27.1 Å². The summed E-state index contributed by atoms with van der Waals surface area (Å²) in [5.74, 6) is 0.381. The van der Waals surface area contributed by atoms with Crippen molar-refractivity contribution in [1.29, 1.82) is 0 Å². The van der Waals surface area contributed by atoms with Gasteiger partial charge in [-0.3, -0.25) is 14.2 Å². The Bertz CT molecular complexity index is 1510. The summed E-state index contributed by atoms with van der Waals surface area (Å²) in [5.41, 5.74) is 5.40. The van der Waals surface area contributed by atoms with Crippen LogP contribution in [-0.2, 0) is 12.8 Å². The molecule has 9 heteroatoms. The Kier molecular flexibility index (Phi) is 6.05. The zero-order chi connectivity index (χ0) is 23.8. The van der Waals surface area contributed by atoms with Crippen molar-refractivity contribution in [2.75, 3.05) is 0 Å². The first-order valence-electron chi connectivity index (χ1n) is 10.9. The SMILES string of the molecule is Cc1nc2sc3c(c2c(=O)n1-c1ccc(C(=O)N/N=C\c2ccc(O)c(Br)c2)cc1)CCCC3. The fourth-order valence-corrected chi connectivity index (χ4v) is 5.90. The number of hydrogen-bond acceptors (Lipinski definition) is 6. The van der Waals surface area contributed by atoms with Gasteiger partial charge in [-0.05, 0) is 102 Å². The van der Waals surface area contributed by atoms with Crippen LogP contribution in [0.3, 0.4) is 0 Å². The second kappa shape index (κ2) is 9.15. The van der Waals surface area contributed by atoms with Crippen molar-refractivity contribution in [2.45, 2.75) is 32.6 Å². The van der Waals surface area contributed by atoms with Crippen LogP contribution in [-0.4, -0.2) is 26.8 Å². The monoisotopic (exact) mass is 536 g/mol. The van der Waals surface area contributed by atoms with Crippen molar-refractivity contribution in [2.24, 2.45) is 5.10 Å². The Hall–Kier alpha value is -3.30. The van der Waals surface area contributed by atoms with Crippen LogP contribution in [0.15, 0.2) is 56.8 Å². The predicted octanol–water partition coefficient (Wildman–Crippen LogP) is 4.87. The van der Waals surface area contributed by atoms with Crippen LogP contribution in [0.1, 0.15) is 45.0 Å². The average Bonchev–Trinajstić information content (AvgIpc) is 3.20. The van der Waals surface area contributed by atoms with Crippen LogP contribution < -0.4 is 11.0 Å². The number of benzene rings is 2. The van der Waals surface area contributed by atoms with Crippen molar-refractivity contribution in [1.82, 2.24) is 15.0 Å². The number of amides is 1. The molecule has 2 aromatic carbocycles. The molecule has 34 heavy (non-hydrogen) atoms. The highest BCUT2D eigenvalue weighted by molar-refractivity contribution is 9.10. The van der Waals surface area contributed by atoms with Gasteiger partial charge in [0.2, 0.25) is 0 Å². The molecule has 2 aromatic heterocycles. The van der Waals surface area contributed by atoms with Crippen LogP contribution in [0.25, 0.3) is 15.9 Å². The molecule has 0 radical (unpaired) electrons. The van der Waals surface area contributed by atoms with Crippen LogP contribution in [0.4, 0.5) is 0 Å². The van der Waals surface area contributed by atoms with Crippen molar-refractivity contribution < 1.29 is 9.90 Å². The smallest absolute Gasteiger partial charge is 0.271 e. The van der Waals surface area contributed by atoms with Gasteiger partial charge in [0.25, 0.3) is 11.5 Å². The lowest BCUT2D eigenvalue weighted by molar-refractivity contribution is 0.0955. The third-order valence-corrected chi connectivity index (χ3v) is 7.72. The lowest BCUT2D eigenvalue weighted by Gasteiger charge is -2.12. The van der Waals surface area contributed by atoms with Gasteiger partial charge in [-0.15, -0.1) is 11.3 Å². The third-order valence-electron chi connectivity index (χ3n) is 5.90. The minimum atomic E-state index is -0.370. The van der Waals surface area contributed by atoms with E-state index in [-0.39, 0.29) is 17.2 Å². The molecule has 0 fully saturated rings. The van der Waals surface area contributed by atoms with Gasteiger partial charge in [0.15, 0.2) is 0 Å². The molecule has 0 atom stereocenters. The minimum absolute atomic E-state index is 0.0521. The highest BCUT2D eigenvalue weighted by Crippen LogP contribution is 2.34. The molecule has 0 saturated heterocycles. The number of carbonyl (C=O) groups is 1. The normalized spacial score (nSPS) is 13.4. The van der Waals surface area contributed by atoms with Crippen LogP contribution in [0.2, 0.25) is 0 Å². The van der Waals surface area contributed by atoms with Crippen LogP contribution >= 0.6 is 27.3 Å². The number of carbonyl (C=O) groups excluding carboxylic acids is 1. The second-order valence-electron chi connectivity index (χ2n) is 8.15. The van der Waals surface area contributed by atoms with Crippen molar-refractivity contribution >= 4 is 49.6 Å². The maximum atomic E-state index is 13.4. The number of nitrogens with one attached hydrogen (secondary N) is 1. The summed E-state index contributed by atoms with van der Waals surface area (Å²) in [6.07, 6.45) is 5.69. The first-order valence-corrected chi connectivity index (χ1v) is 12.5. The molecule has 0 bridgehead atoms. The zero-order valence-corrected chi connectivity index (χ0v) is 20.7. The number of hydrazone groups is 1. The van der Waals surface area contributed by atoms with Crippen molar-refractivity contribution in [3.63, 3.8) is 0 Å². The molecule has 0 saturated carbocycles.